The molecule has 0 saturated carbocycles. The fourth-order valence-corrected chi connectivity index (χ4v) is 1.90. The minimum absolute atomic E-state index is 0.360. The van der Waals surface area contributed by atoms with E-state index in [1.54, 1.807) is 0 Å². The normalized spacial score (nSPS) is 22.9. The van der Waals surface area contributed by atoms with Crippen LogP contribution in [0, 0.1) is 6.92 Å². The fourth-order valence-electron chi connectivity index (χ4n) is 1.90. The molecule has 1 saturated heterocycles. The third-order valence-corrected chi connectivity index (χ3v) is 2.80. The molecule has 1 aromatic heterocycles. The van der Waals surface area contributed by atoms with E-state index in [0.717, 1.165) is 26.1 Å². The quantitative estimate of drug-likeness (QED) is 0.756. The number of hydrogen-bond donors (Lipinski definition) is 1. The van der Waals surface area contributed by atoms with E-state index < -0.39 is 0 Å². The third kappa shape index (κ3) is 2.11. The minimum atomic E-state index is 0.360. The molecule has 1 aromatic rings. The molecule has 14 heavy (non-hydrogen) atoms. The Morgan fingerprint density at radius 1 is 1.64 bits per heavy atom. The van der Waals surface area contributed by atoms with E-state index in [1.807, 2.05) is 12.3 Å². The lowest BCUT2D eigenvalue weighted by Crippen LogP contribution is -2.26. The zero-order valence-corrected chi connectivity index (χ0v) is 8.61. The molecule has 1 aliphatic rings. The van der Waals surface area contributed by atoms with Crippen molar-refractivity contribution in [2.24, 2.45) is 5.73 Å². The van der Waals surface area contributed by atoms with Gasteiger partial charge in [0.1, 0.15) is 0 Å². The van der Waals surface area contributed by atoms with Gasteiger partial charge >= 0.3 is 0 Å². The van der Waals surface area contributed by atoms with Gasteiger partial charge in [0, 0.05) is 31.9 Å². The van der Waals surface area contributed by atoms with Crippen LogP contribution in [-0.2, 0) is 6.54 Å². The number of pyridine rings is 1. The van der Waals surface area contributed by atoms with Gasteiger partial charge in [-0.15, -0.1) is 0 Å². The van der Waals surface area contributed by atoms with Crippen LogP contribution in [0.5, 0.6) is 0 Å². The molecule has 3 nitrogen and oxygen atoms in total. The summed E-state index contributed by atoms with van der Waals surface area (Å²) in [5.41, 5.74) is 8.31. The van der Waals surface area contributed by atoms with E-state index in [2.05, 4.69) is 22.9 Å². The highest BCUT2D eigenvalue weighted by Crippen LogP contribution is 2.12. The standard InChI is InChI=1S/C11H17N3/c1-9-3-2-5-13-11(9)8-14-6-4-10(12)7-14/h2-3,5,10H,4,6-8,12H2,1H3. The maximum absolute atomic E-state index is 5.85. The Labute approximate surface area is 84.9 Å². The number of aryl methyl sites for hydroxylation is 1. The Morgan fingerprint density at radius 2 is 2.50 bits per heavy atom. The second-order valence-corrected chi connectivity index (χ2v) is 4.05. The van der Waals surface area contributed by atoms with Crippen LogP contribution in [0.4, 0.5) is 0 Å². The molecule has 2 rings (SSSR count). The van der Waals surface area contributed by atoms with Crippen molar-refractivity contribution in [3.8, 4) is 0 Å². The molecule has 0 spiro atoms. The predicted molar refractivity (Wildman–Crippen MR) is 56.8 cm³/mol. The molecule has 1 fully saturated rings. The Balaban J connectivity index is 2.01. The molecule has 0 aromatic carbocycles. The van der Waals surface area contributed by atoms with Gasteiger partial charge in [0.15, 0.2) is 0 Å². The predicted octanol–water partition coefficient (Wildman–Crippen LogP) is 0.923. The van der Waals surface area contributed by atoms with Crippen LogP contribution < -0.4 is 5.73 Å². The molecule has 0 aliphatic carbocycles. The van der Waals surface area contributed by atoms with Gasteiger partial charge in [-0.25, -0.2) is 0 Å². The van der Waals surface area contributed by atoms with Gasteiger partial charge in [-0.2, -0.15) is 0 Å². The topological polar surface area (TPSA) is 42.2 Å². The molecule has 1 atom stereocenters. The van der Waals surface area contributed by atoms with E-state index in [9.17, 15) is 0 Å². The van der Waals surface area contributed by atoms with Crippen LogP contribution >= 0.6 is 0 Å². The smallest absolute Gasteiger partial charge is 0.0573 e. The van der Waals surface area contributed by atoms with Crippen molar-refractivity contribution >= 4 is 0 Å². The Bertz CT molecular complexity index is 311. The summed E-state index contributed by atoms with van der Waals surface area (Å²) in [6.07, 6.45) is 2.98. The van der Waals surface area contributed by atoms with Crippen molar-refractivity contribution in [3.63, 3.8) is 0 Å². The van der Waals surface area contributed by atoms with Crippen LogP contribution in [0.3, 0.4) is 0 Å². The van der Waals surface area contributed by atoms with Crippen molar-refractivity contribution < 1.29 is 0 Å². The first kappa shape index (κ1) is 9.62. The maximum Gasteiger partial charge on any atom is 0.0573 e. The largest absolute Gasteiger partial charge is 0.326 e. The van der Waals surface area contributed by atoms with E-state index in [4.69, 9.17) is 5.73 Å². The summed E-state index contributed by atoms with van der Waals surface area (Å²) in [6.45, 7) is 5.17. The summed E-state index contributed by atoms with van der Waals surface area (Å²) in [4.78, 5) is 6.76. The highest BCUT2D eigenvalue weighted by molar-refractivity contribution is 5.17. The first-order chi connectivity index (χ1) is 6.75. The second kappa shape index (κ2) is 4.07. The third-order valence-electron chi connectivity index (χ3n) is 2.80. The van der Waals surface area contributed by atoms with E-state index >= 15 is 0 Å². The molecule has 1 unspecified atom stereocenters. The van der Waals surface area contributed by atoms with Gasteiger partial charge in [0.2, 0.25) is 0 Å². The first-order valence-electron chi connectivity index (χ1n) is 5.14. The molecule has 2 N–H and O–H groups in total. The summed E-state index contributed by atoms with van der Waals surface area (Å²) in [6, 6.07) is 4.45. The van der Waals surface area contributed by atoms with Crippen molar-refractivity contribution in [1.29, 1.82) is 0 Å². The Morgan fingerprint density at radius 3 is 3.14 bits per heavy atom. The maximum atomic E-state index is 5.85. The number of likely N-dealkylation sites (tertiary alicyclic amines) is 1. The number of nitrogens with two attached hydrogens (primary N) is 1. The number of rotatable bonds is 2. The Kier molecular flexibility index (Phi) is 2.79. The van der Waals surface area contributed by atoms with Crippen LogP contribution in [0.2, 0.25) is 0 Å². The average molecular weight is 191 g/mol. The molecule has 1 aliphatic heterocycles. The van der Waals surface area contributed by atoms with Gasteiger partial charge in [-0.3, -0.25) is 9.88 Å². The summed E-state index contributed by atoms with van der Waals surface area (Å²) in [5, 5.41) is 0. The lowest BCUT2D eigenvalue weighted by atomic mass is 10.2. The van der Waals surface area contributed by atoms with E-state index in [1.165, 1.54) is 11.3 Å². The van der Waals surface area contributed by atoms with E-state index in [-0.39, 0.29) is 0 Å². The zero-order valence-electron chi connectivity index (χ0n) is 8.61. The van der Waals surface area contributed by atoms with Gasteiger partial charge in [0.25, 0.3) is 0 Å². The second-order valence-electron chi connectivity index (χ2n) is 4.05. The van der Waals surface area contributed by atoms with Crippen LogP contribution in [0.15, 0.2) is 18.3 Å². The molecule has 3 heteroatoms. The van der Waals surface area contributed by atoms with Crippen molar-refractivity contribution in [2.45, 2.75) is 25.9 Å². The summed E-state index contributed by atoms with van der Waals surface area (Å²) >= 11 is 0. The van der Waals surface area contributed by atoms with Crippen LogP contribution in [0.25, 0.3) is 0 Å². The average Bonchev–Trinajstić information content (AvgIpc) is 2.56. The van der Waals surface area contributed by atoms with Crippen LogP contribution in [-0.4, -0.2) is 29.0 Å². The van der Waals surface area contributed by atoms with Gasteiger partial charge in [0.05, 0.1) is 5.69 Å². The van der Waals surface area contributed by atoms with Crippen molar-refractivity contribution in [1.82, 2.24) is 9.88 Å². The van der Waals surface area contributed by atoms with Crippen molar-refractivity contribution in [2.75, 3.05) is 13.1 Å². The van der Waals surface area contributed by atoms with Crippen LogP contribution in [0.1, 0.15) is 17.7 Å². The highest BCUT2D eigenvalue weighted by Gasteiger charge is 2.19. The molecule has 2 heterocycles. The molecule has 0 amide bonds. The fraction of sp³-hybridized carbons (Fsp3) is 0.545. The first-order valence-corrected chi connectivity index (χ1v) is 5.14. The Hall–Kier alpha value is -0.930. The lowest BCUT2D eigenvalue weighted by Gasteiger charge is -2.15. The molecular weight excluding hydrogens is 174 g/mol. The summed E-state index contributed by atoms with van der Waals surface area (Å²) in [7, 11) is 0. The molecule has 0 radical (unpaired) electrons. The molecule has 0 bridgehead atoms. The highest BCUT2D eigenvalue weighted by atomic mass is 15.2. The number of hydrogen-bond acceptors (Lipinski definition) is 3. The SMILES string of the molecule is Cc1cccnc1CN1CCC(N)C1. The zero-order chi connectivity index (χ0) is 9.97. The lowest BCUT2D eigenvalue weighted by molar-refractivity contribution is 0.322. The monoisotopic (exact) mass is 191 g/mol. The van der Waals surface area contributed by atoms with Crippen molar-refractivity contribution in [3.05, 3.63) is 29.6 Å². The number of nitrogens with zero attached hydrogens (tertiary/aromatic N) is 2. The molecular formula is C11H17N3. The van der Waals surface area contributed by atoms with Gasteiger partial charge in [-0.05, 0) is 25.0 Å². The number of aromatic nitrogens is 1. The minimum Gasteiger partial charge on any atom is -0.326 e. The van der Waals surface area contributed by atoms with Gasteiger partial charge in [-0.1, -0.05) is 6.07 Å². The summed E-state index contributed by atoms with van der Waals surface area (Å²) in [5.74, 6) is 0. The molecule has 76 valence electrons. The van der Waals surface area contributed by atoms with Gasteiger partial charge < -0.3 is 5.73 Å². The van der Waals surface area contributed by atoms with E-state index in [0.29, 0.717) is 6.04 Å². The summed E-state index contributed by atoms with van der Waals surface area (Å²) < 4.78 is 0.